The molecule has 21 heavy (non-hydrogen) atoms. The highest BCUT2D eigenvalue weighted by molar-refractivity contribution is 5.97. The van der Waals surface area contributed by atoms with Crippen LogP contribution < -0.4 is 16.4 Å². The Kier molecular flexibility index (Phi) is 6.61. The van der Waals surface area contributed by atoms with Crippen LogP contribution in [0.25, 0.3) is 0 Å². The maximum absolute atomic E-state index is 12.1. The van der Waals surface area contributed by atoms with Crippen molar-refractivity contribution in [3.8, 4) is 0 Å². The zero-order valence-corrected chi connectivity index (χ0v) is 12.6. The highest BCUT2D eigenvalue weighted by Crippen LogP contribution is 2.08. The van der Waals surface area contributed by atoms with E-state index in [-0.39, 0.29) is 17.6 Å². The summed E-state index contributed by atoms with van der Waals surface area (Å²) < 4.78 is 4.84. The quantitative estimate of drug-likeness (QED) is 0.619. The number of aryl methyl sites for hydroxylation is 1. The normalized spacial score (nSPS) is 11.8. The van der Waals surface area contributed by atoms with Crippen LogP contribution in [-0.4, -0.2) is 43.1 Å². The number of hydrogen-bond donors (Lipinski definition) is 3. The van der Waals surface area contributed by atoms with Gasteiger partial charge in [-0.1, -0.05) is 6.92 Å². The van der Waals surface area contributed by atoms with Crippen LogP contribution >= 0.6 is 0 Å². The molecule has 0 spiro atoms. The van der Waals surface area contributed by atoms with E-state index in [2.05, 4.69) is 15.6 Å². The van der Waals surface area contributed by atoms with E-state index in [4.69, 9.17) is 10.5 Å². The Morgan fingerprint density at radius 2 is 2.14 bits per heavy atom. The van der Waals surface area contributed by atoms with E-state index in [1.807, 2.05) is 6.92 Å². The summed E-state index contributed by atoms with van der Waals surface area (Å²) in [5.41, 5.74) is 6.79. The predicted octanol–water partition coefficient (Wildman–Crippen LogP) is 0.107. The number of rotatable bonds is 7. The molecule has 0 bridgehead atoms. The Labute approximate surface area is 124 Å². The number of amides is 2. The molecule has 1 heterocycles. The molecule has 0 aliphatic carbocycles. The molecule has 116 valence electrons. The lowest BCUT2D eigenvalue weighted by Crippen LogP contribution is -2.45. The molecule has 2 amide bonds. The Balaban J connectivity index is 2.63. The summed E-state index contributed by atoms with van der Waals surface area (Å²) in [6.45, 7) is 4.37. The van der Waals surface area contributed by atoms with Gasteiger partial charge < -0.3 is 21.1 Å². The first-order valence-corrected chi connectivity index (χ1v) is 6.81. The van der Waals surface area contributed by atoms with Crippen LogP contribution in [0.2, 0.25) is 0 Å². The third-order valence-electron chi connectivity index (χ3n) is 2.87. The minimum absolute atomic E-state index is 0.266. The lowest BCUT2D eigenvalue weighted by molar-refractivity contribution is -0.122. The van der Waals surface area contributed by atoms with Crippen LogP contribution in [0, 0.1) is 0 Å². The van der Waals surface area contributed by atoms with Gasteiger partial charge in [-0.15, -0.1) is 0 Å². The van der Waals surface area contributed by atoms with Crippen LogP contribution in [0.5, 0.6) is 0 Å². The van der Waals surface area contributed by atoms with Gasteiger partial charge in [0.1, 0.15) is 11.9 Å². The fourth-order valence-corrected chi connectivity index (χ4v) is 1.70. The number of aromatic nitrogens is 1. The summed E-state index contributed by atoms with van der Waals surface area (Å²) in [6.07, 6.45) is 0.679. The lowest BCUT2D eigenvalue weighted by Gasteiger charge is -2.14. The van der Waals surface area contributed by atoms with Gasteiger partial charge in [-0.25, -0.2) is 4.98 Å². The number of carbonyl (C=O) groups excluding carboxylic acids is 2. The van der Waals surface area contributed by atoms with Gasteiger partial charge in [-0.3, -0.25) is 9.59 Å². The smallest absolute Gasteiger partial charge is 0.252 e. The molecule has 4 N–H and O–H groups in total. The fourth-order valence-electron chi connectivity index (χ4n) is 1.70. The lowest BCUT2D eigenvalue weighted by atomic mass is 10.1. The molecule has 0 radical (unpaired) electrons. The molecular formula is C14H22N4O3. The van der Waals surface area contributed by atoms with Gasteiger partial charge >= 0.3 is 0 Å². The zero-order chi connectivity index (χ0) is 15.8. The van der Waals surface area contributed by atoms with E-state index < -0.39 is 6.04 Å². The van der Waals surface area contributed by atoms with Crippen molar-refractivity contribution in [3.05, 3.63) is 23.4 Å². The summed E-state index contributed by atoms with van der Waals surface area (Å²) in [5.74, 6) is -0.331. The molecule has 0 saturated heterocycles. The number of anilines is 1. The van der Waals surface area contributed by atoms with Crippen molar-refractivity contribution >= 4 is 17.6 Å². The number of ether oxygens (including phenoxy) is 1. The van der Waals surface area contributed by atoms with Crippen molar-refractivity contribution in [2.75, 3.05) is 26.0 Å². The number of pyridine rings is 1. The molecule has 7 heteroatoms. The first-order chi connectivity index (χ1) is 9.97. The molecule has 1 atom stereocenters. The number of nitrogen functional groups attached to an aromatic ring is 1. The number of hydrogen-bond acceptors (Lipinski definition) is 5. The highest BCUT2D eigenvalue weighted by Gasteiger charge is 2.17. The van der Waals surface area contributed by atoms with Crippen LogP contribution in [0.1, 0.15) is 29.9 Å². The van der Waals surface area contributed by atoms with Crippen LogP contribution in [0.3, 0.4) is 0 Å². The standard InChI is InChI=1S/C14H22N4O3/c1-4-11-7-10(8-12(15)18-11)14(20)17-9(2)13(19)16-5-6-21-3/h7-9H,4-6H2,1-3H3,(H2,15,18)(H,16,19)(H,17,20). The second-order valence-electron chi connectivity index (χ2n) is 4.60. The molecule has 0 aliphatic heterocycles. The average Bonchev–Trinajstić information content (AvgIpc) is 2.46. The third kappa shape index (κ3) is 5.39. The molecule has 1 unspecified atom stereocenters. The molecular weight excluding hydrogens is 272 g/mol. The number of nitrogens with zero attached hydrogens (tertiary/aromatic N) is 1. The Bertz CT molecular complexity index is 505. The van der Waals surface area contributed by atoms with Crippen molar-refractivity contribution in [1.82, 2.24) is 15.6 Å². The Morgan fingerprint density at radius 3 is 2.76 bits per heavy atom. The molecule has 0 saturated carbocycles. The van der Waals surface area contributed by atoms with Crippen LogP contribution in [-0.2, 0) is 16.0 Å². The van der Waals surface area contributed by atoms with Gasteiger partial charge in [0.05, 0.1) is 6.61 Å². The van der Waals surface area contributed by atoms with Gasteiger partial charge in [0.2, 0.25) is 5.91 Å². The summed E-state index contributed by atoms with van der Waals surface area (Å²) in [4.78, 5) is 28.0. The van der Waals surface area contributed by atoms with Gasteiger partial charge in [-0.05, 0) is 25.5 Å². The number of methoxy groups -OCH3 is 1. The second-order valence-corrected chi connectivity index (χ2v) is 4.60. The number of carbonyl (C=O) groups is 2. The second kappa shape index (κ2) is 8.21. The van der Waals surface area contributed by atoms with E-state index >= 15 is 0 Å². The minimum Gasteiger partial charge on any atom is -0.384 e. The molecule has 0 fully saturated rings. The average molecular weight is 294 g/mol. The molecule has 0 aromatic carbocycles. The van der Waals surface area contributed by atoms with Gasteiger partial charge in [0.25, 0.3) is 5.91 Å². The van der Waals surface area contributed by atoms with Gasteiger partial charge in [-0.2, -0.15) is 0 Å². The van der Waals surface area contributed by atoms with E-state index in [0.29, 0.717) is 25.1 Å². The Hall–Kier alpha value is -2.15. The summed E-state index contributed by atoms with van der Waals surface area (Å²) in [7, 11) is 1.55. The van der Waals surface area contributed by atoms with Crippen LogP contribution in [0.15, 0.2) is 12.1 Å². The number of nitrogens with two attached hydrogens (primary N) is 1. The summed E-state index contributed by atoms with van der Waals surface area (Å²) in [5, 5.41) is 5.28. The van der Waals surface area contributed by atoms with E-state index in [0.717, 1.165) is 5.69 Å². The van der Waals surface area contributed by atoms with Crippen molar-refractivity contribution in [2.24, 2.45) is 0 Å². The summed E-state index contributed by atoms with van der Waals surface area (Å²) in [6, 6.07) is 2.51. The molecule has 1 aromatic rings. The monoisotopic (exact) mass is 294 g/mol. The zero-order valence-electron chi connectivity index (χ0n) is 12.6. The first kappa shape index (κ1) is 16.9. The Morgan fingerprint density at radius 1 is 1.43 bits per heavy atom. The van der Waals surface area contributed by atoms with Gasteiger partial charge in [0, 0.05) is 24.9 Å². The third-order valence-corrected chi connectivity index (χ3v) is 2.87. The van der Waals surface area contributed by atoms with Crippen molar-refractivity contribution < 1.29 is 14.3 Å². The van der Waals surface area contributed by atoms with Crippen molar-refractivity contribution in [1.29, 1.82) is 0 Å². The van der Waals surface area contributed by atoms with E-state index in [1.54, 1.807) is 20.1 Å². The maximum Gasteiger partial charge on any atom is 0.252 e. The largest absolute Gasteiger partial charge is 0.384 e. The SMILES string of the molecule is CCc1cc(C(=O)NC(C)C(=O)NCCOC)cc(N)n1. The van der Waals surface area contributed by atoms with Crippen molar-refractivity contribution in [3.63, 3.8) is 0 Å². The number of nitrogens with one attached hydrogen (secondary N) is 2. The molecule has 1 rings (SSSR count). The van der Waals surface area contributed by atoms with E-state index in [1.165, 1.54) is 6.07 Å². The fraction of sp³-hybridized carbons (Fsp3) is 0.500. The molecule has 7 nitrogen and oxygen atoms in total. The van der Waals surface area contributed by atoms with Crippen LogP contribution in [0.4, 0.5) is 5.82 Å². The minimum atomic E-state index is -0.645. The molecule has 1 aromatic heterocycles. The summed E-state index contributed by atoms with van der Waals surface area (Å²) >= 11 is 0. The van der Waals surface area contributed by atoms with Gasteiger partial charge in [0.15, 0.2) is 0 Å². The topological polar surface area (TPSA) is 106 Å². The molecule has 0 aliphatic rings. The first-order valence-electron chi connectivity index (χ1n) is 6.81. The maximum atomic E-state index is 12.1. The highest BCUT2D eigenvalue weighted by atomic mass is 16.5. The van der Waals surface area contributed by atoms with Crippen molar-refractivity contribution in [2.45, 2.75) is 26.3 Å². The predicted molar refractivity (Wildman–Crippen MR) is 79.8 cm³/mol. The van der Waals surface area contributed by atoms with E-state index in [9.17, 15) is 9.59 Å².